The van der Waals surface area contributed by atoms with Crippen LogP contribution in [0.5, 0.6) is 0 Å². The first-order chi connectivity index (χ1) is 15.0. The summed E-state index contributed by atoms with van der Waals surface area (Å²) in [5, 5.41) is 4.04. The highest BCUT2D eigenvalue weighted by molar-refractivity contribution is 6.30. The molecular weight excluding hydrogens is 460 g/mol. The van der Waals surface area contributed by atoms with Crippen LogP contribution < -0.4 is 4.90 Å². The van der Waals surface area contributed by atoms with Crippen molar-refractivity contribution in [3.05, 3.63) is 76.1 Å². The zero-order valence-electron chi connectivity index (χ0n) is 16.1. The van der Waals surface area contributed by atoms with Gasteiger partial charge in [-0.15, -0.1) is 0 Å². The lowest BCUT2D eigenvalue weighted by atomic mass is 9.98. The van der Waals surface area contributed by atoms with Crippen molar-refractivity contribution in [1.82, 2.24) is 9.78 Å². The normalized spacial score (nSPS) is 14.4. The van der Waals surface area contributed by atoms with Gasteiger partial charge < -0.3 is 4.90 Å². The molecule has 1 aromatic heterocycles. The molecular formula is C21H14ClF6N3O. The Morgan fingerprint density at radius 2 is 1.66 bits per heavy atom. The van der Waals surface area contributed by atoms with Gasteiger partial charge in [0.2, 0.25) is 0 Å². The van der Waals surface area contributed by atoms with Gasteiger partial charge in [0.25, 0.3) is 5.91 Å². The maximum Gasteiger partial charge on any atom is 0.434 e. The maximum absolute atomic E-state index is 13.9. The van der Waals surface area contributed by atoms with Crippen LogP contribution in [0.1, 0.15) is 33.6 Å². The predicted octanol–water partition coefficient (Wildman–Crippen LogP) is 6.16. The molecule has 0 radical (unpaired) electrons. The van der Waals surface area contributed by atoms with Gasteiger partial charge in [0.1, 0.15) is 0 Å². The Balaban J connectivity index is 1.81. The molecule has 0 aliphatic carbocycles. The monoisotopic (exact) mass is 473 g/mol. The highest BCUT2D eigenvalue weighted by atomic mass is 35.5. The topological polar surface area (TPSA) is 38.1 Å². The summed E-state index contributed by atoms with van der Waals surface area (Å²) in [5.41, 5.74) is -2.62. The number of aryl methyl sites for hydroxylation is 1. The van der Waals surface area contributed by atoms with E-state index in [1.165, 1.54) is 30.3 Å². The van der Waals surface area contributed by atoms with Crippen molar-refractivity contribution in [1.29, 1.82) is 0 Å². The van der Waals surface area contributed by atoms with Gasteiger partial charge in [-0.25, -0.2) is 4.68 Å². The van der Waals surface area contributed by atoms with Crippen LogP contribution in [0, 0.1) is 0 Å². The number of carbonyl (C=O) groups excluding carboxylic acids is 1. The molecule has 4 nitrogen and oxygen atoms in total. The zero-order chi connectivity index (χ0) is 23.3. The molecule has 3 aromatic rings. The first-order valence-corrected chi connectivity index (χ1v) is 9.78. The minimum Gasteiger partial charge on any atom is -0.308 e. The third-order valence-corrected chi connectivity index (χ3v) is 5.37. The van der Waals surface area contributed by atoms with Gasteiger partial charge in [-0.3, -0.25) is 4.79 Å². The lowest BCUT2D eigenvalue weighted by Gasteiger charge is -2.30. The average Bonchev–Trinajstić information content (AvgIpc) is 3.18. The molecule has 0 fully saturated rings. The fraction of sp³-hybridized carbons (Fsp3) is 0.238. The van der Waals surface area contributed by atoms with Crippen LogP contribution in [0.4, 0.5) is 32.0 Å². The zero-order valence-corrected chi connectivity index (χ0v) is 16.9. The first-order valence-electron chi connectivity index (χ1n) is 9.40. The number of hydrogen-bond donors (Lipinski definition) is 0. The van der Waals surface area contributed by atoms with Crippen LogP contribution in [-0.4, -0.2) is 22.2 Å². The third-order valence-electron chi connectivity index (χ3n) is 5.12. The van der Waals surface area contributed by atoms with Crippen LogP contribution in [-0.2, 0) is 18.8 Å². The molecule has 11 heteroatoms. The highest BCUT2D eigenvalue weighted by Crippen LogP contribution is 2.38. The molecule has 2 aromatic carbocycles. The van der Waals surface area contributed by atoms with Crippen molar-refractivity contribution in [3.8, 4) is 5.69 Å². The molecule has 1 aliphatic heterocycles. The fourth-order valence-corrected chi connectivity index (χ4v) is 3.79. The molecule has 0 spiro atoms. The fourth-order valence-electron chi connectivity index (χ4n) is 3.66. The molecule has 2 heterocycles. The first kappa shape index (κ1) is 22.2. The summed E-state index contributed by atoms with van der Waals surface area (Å²) in [6.45, 7) is -0.0173. The predicted molar refractivity (Wildman–Crippen MR) is 105 cm³/mol. The van der Waals surface area contributed by atoms with Gasteiger partial charge >= 0.3 is 12.4 Å². The Morgan fingerprint density at radius 3 is 2.28 bits per heavy atom. The molecule has 0 saturated carbocycles. The molecule has 0 N–H and O–H groups in total. The number of carbonyl (C=O) groups is 1. The van der Waals surface area contributed by atoms with Gasteiger partial charge in [0, 0.05) is 17.3 Å². The van der Waals surface area contributed by atoms with E-state index in [0.717, 1.165) is 23.2 Å². The van der Waals surface area contributed by atoms with E-state index in [1.807, 2.05) is 0 Å². The summed E-state index contributed by atoms with van der Waals surface area (Å²) < 4.78 is 81.9. The number of fused-ring (bicyclic) bond motifs is 1. The molecule has 1 amide bonds. The van der Waals surface area contributed by atoms with E-state index in [-0.39, 0.29) is 17.9 Å². The molecule has 168 valence electrons. The molecule has 0 unspecified atom stereocenters. The summed E-state index contributed by atoms with van der Waals surface area (Å²) >= 11 is 5.79. The molecule has 0 saturated heterocycles. The number of rotatable bonds is 2. The Morgan fingerprint density at radius 1 is 0.969 bits per heavy atom. The molecule has 1 aliphatic rings. The summed E-state index contributed by atoms with van der Waals surface area (Å²) in [7, 11) is 0. The Bertz CT molecular complexity index is 1170. The number of halogens is 7. The van der Waals surface area contributed by atoms with Gasteiger partial charge in [0.05, 0.1) is 23.0 Å². The van der Waals surface area contributed by atoms with E-state index in [4.69, 9.17) is 11.6 Å². The van der Waals surface area contributed by atoms with Crippen molar-refractivity contribution in [2.45, 2.75) is 25.2 Å². The second-order valence-corrected chi connectivity index (χ2v) is 7.63. The highest BCUT2D eigenvalue weighted by Gasteiger charge is 2.42. The second kappa shape index (κ2) is 7.84. The number of alkyl halides is 6. The van der Waals surface area contributed by atoms with Crippen molar-refractivity contribution in [2.75, 3.05) is 11.4 Å². The van der Waals surface area contributed by atoms with E-state index < -0.39 is 35.1 Å². The number of benzene rings is 2. The number of hydrogen-bond acceptors (Lipinski definition) is 2. The molecule has 4 rings (SSSR count). The number of nitrogens with zero attached hydrogens (tertiary/aromatic N) is 3. The molecule has 0 atom stereocenters. The number of amides is 1. The van der Waals surface area contributed by atoms with Crippen molar-refractivity contribution >= 4 is 23.2 Å². The van der Waals surface area contributed by atoms with Crippen LogP contribution >= 0.6 is 11.6 Å². The smallest absolute Gasteiger partial charge is 0.308 e. The Hall–Kier alpha value is -3.01. The van der Waals surface area contributed by atoms with Crippen LogP contribution in [0.25, 0.3) is 5.69 Å². The standard InChI is InChI=1S/C21H14ClF6N3O/c22-14-5-7-15(8-6-14)31-18(21(26,27)28)16(11-29-31)19(32)30-9-1-2-12-3-4-13(10-17(12)30)20(23,24)25/h3-8,10-11H,1-2,9H2. The Kier molecular flexibility index (Phi) is 5.44. The third kappa shape index (κ3) is 4.06. The summed E-state index contributed by atoms with van der Waals surface area (Å²) in [6, 6.07) is 8.31. The van der Waals surface area contributed by atoms with E-state index in [2.05, 4.69) is 5.10 Å². The van der Waals surface area contributed by atoms with Crippen molar-refractivity contribution in [3.63, 3.8) is 0 Å². The van der Waals surface area contributed by atoms with Gasteiger partial charge in [-0.1, -0.05) is 17.7 Å². The summed E-state index contributed by atoms with van der Waals surface area (Å²) in [6.07, 6.45) is -8.02. The summed E-state index contributed by atoms with van der Waals surface area (Å²) in [5.74, 6) is -1.07. The van der Waals surface area contributed by atoms with E-state index in [1.54, 1.807) is 0 Å². The lowest BCUT2D eigenvalue weighted by molar-refractivity contribution is -0.143. The summed E-state index contributed by atoms with van der Waals surface area (Å²) in [4.78, 5) is 14.1. The van der Waals surface area contributed by atoms with Crippen LogP contribution in [0.3, 0.4) is 0 Å². The number of aromatic nitrogens is 2. The van der Waals surface area contributed by atoms with Gasteiger partial charge in [0.15, 0.2) is 5.69 Å². The van der Waals surface area contributed by atoms with Crippen LogP contribution in [0.15, 0.2) is 48.7 Å². The van der Waals surface area contributed by atoms with E-state index >= 15 is 0 Å². The average molecular weight is 474 g/mol. The van der Waals surface area contributed by atoms with Crippen molar-refractivity contribution < 1.29 is 31.1 Å². The minimum absolute atomic E-state index is 0.0173. The van der Waals surface area contributed by atoms with Gasteiger partial charge in [-0.05, 0) is 54.8 Å². The largest absolute Gasteiger partial charge is 0.434 e. The van der Waals surface area contributed by atoms with E-state index in [0.29, 0.717) is 28.1 Å². The van der Waals surface area contributed by atoms with Crippen LogP contribution in [0.2, 0.25) is 5.02 Å². The number of anilines is 1. The molecule has 0 bridgehead atoms. The second-order valence-electron chi connectivity index (χ2n) is 7.19. The lowest BCUT2D eigenvalue weighted by Crippen LogP contribution is -2.36. The van der Waals surface area contributed by atoms with Gasteiger partial charge in [-0.2, -0.15) is 31.4 Å². The Labute approximate surface area is 183 Å². The maximum atomic E-state index is 13.9. The van der Waals surface area contributed by atoms with E-state index in [9.17, 15) is 31.1 Å². The quantitative estimate of drug-likeness (QED) is 0.418. The SMILES string of the molecule is O=C(c1cnn(-c2ccc(Cl)cc2)c1C(F)(F)F)N1CCCc2ccc(C(F)(F)F)cc21. The molecule has 32 heavy (non-hydrogen) atoms. The minimum atomic E-state index is -4.95. The van der Waals surface area contributed by atoms with Crippen molar-refractivity contribution in [2.24, 2.45) is 0 Å².